The lowest BCUT2D eigenvalue weighted by Gasteiger charge is -2.04. The average Bonchev–Trinajstić information content (AvgIpc) is 2.47. The van der Waals surface area contributed by atoms with Crippen LogP contribution in [0.3, 0.4) is 0 Å². The number of fused-ring (bicyclic) bond motifs is 1. The van der Waals surface area contributed by atoms with Crippen LogP contribution in [0.4, 0.5) is 5.69 Å². The standard InChI is InChI=1S/C9H11NO3S/c1-14(11,12)13-8-2-3-9-7(6-8)4-5-10-9/h2-3,6,10H,4-5H2,1H3. The Labute approximate surface area is 83.0 Å². The number of nitrogens with one attached hydrogen (secondary N) is 1. The predicted molar refractivity (Wildman–Crippen MR) is 54.1 cm³/mol. The van der Waals surface area contributed by atoms with Gasteiger partial charge in [-0.05, 0) is 30.2 Å². The van der Waals surface area contributed by atoms with Gasteiger partial charge in [0.05, 0.1) is 6.26 Å². The molecule has 1 N–H and O–H groups in total. The van der Waals surface area contributed by atoms with Gasteiger partial charge in [0, 0.05) is 12.2 Å². The summed E-state index contributed by atoms with van der Waals surface area (Å²) in [7, 11) is -3.42. The first-order chi connectivity index (χ1) is 6.54. The summed E-state index contributed by atoms with van der Waals surface area (Å²) in [6.07, 6.45) is 1.95. The summed E-state index contributed by atoms with van der Waals surface area (Å²) >= 11 is 0. The topological polar surface area (TPSA) is 55.4 Å². The van der Waals surface area contributed by atoms with Crippen LogP contribution in [0, 0.1) is 0 Å². The molecule has 0 atom stereocenters. The van der Waals surface area contributed by atoms with Gasteiger partial charge in [0.2, 0.25) is 0 Å². The minimum atomic E-state index is -3.42. The first kappa shape index (κ1) is 9.33. The smallest absolute Gasteiger partial charge is 0.306 e. The zero-order valence-corrected chi connectivity index (χ0v) is 8.60. The lowest BCUT2D eigenvalue weighted by Crippen LogP contribution is -2.05. The van der Waals surface area contributed by atoms with E-state index < -0.39 is 10.1 Å². The number of benzene rings is 1. The van der Waals surface area contributed by atoms with Gasteiger partial charge >= 0.3 is 10.1 Å². The van der Waals surface area contributed by atoms with Crippen molar-refractivity contribution in [3.05, 3.63) is 23.8 Å². The largest absolute Gasteiger partial charge is 0.384 e. The fourth-order valence-corrected chi connectivity index (χ4v) is 1.96. The molecule has 1 aliphatic rings. The van der Waals surface area contributed by atoms with Crippen molar-refractivity contribution < 1.29 is 12.6 Å². The molecule has 2 rings (SSSR count). The molecule has 0 saturated carbocycles. The quantitative estimate of drug-likeness (QED) is 0.744. The van der Waals surface area contributed by atoms with Crippen LogP contribution in [-0.4, -0.2) is 21.2 Å². The molecule has 1 heterocycles. The van der Waals surface area contributed by atoms with E-state index >= 15 is 0 Å². The van der Waals surface area contributed by atoms with Gasteiger partial charge in [-0.3, -0.25) is 0 Å². The van der Waals surface area contributed by atoms with Crippen molar-refractivity contribution in [3.8, 4) is 5.75 Å². The molecule has 0 fully saturated rings. The second kappa shape index (κ2) is 3.16. The molecule has 1 aromatic rings. The third kappa shape index (κ3) is 1.98. The summed E-state index contributed by atoms with van der Waals surface area (Å²) in [5.41, 5.74) is 2.16. The Balaban J connectivity index is 2.29. The van der Waals surface area contributed by atoms with E-state index in [9.17, 15) is 8.42 Å². The van der Waals surface area contributed by atoms with Gasteiger partial charge in [-0.15, -0.1) is 0 Å². The van der Waals surface area contributed by atoms with E-state index in [2.05, 4.69) is 5.32 Å². The Morgan fingerprint density at radius 1 is 1.43 bits per heavy atom. The number of hydrogen-bond donors (Lipinski definition) is 1. The maximum absolute atomic E-state index is 10.9. The molecule has 0 amide bonds. The Kier molecular flexibility index (Phi) is 2.11. The molecule has 1 aliphatic heterocycles. The molecule has 0 spiro atoms. The molecule has 1 aromatic carbocycles. The molecule has 76 valence electrons. The number of rotatable bonds is 2. The number of hydrogen-bond acceptors (Lipinski definition) is 4. The third-order valence-electron chi connectivity index (χ3n) is 2.03. The van der Waals surface area contributed by atoms with Crippen molar-refractivity contribution >= 4 is 15.8 Å². The van der Waals surface area contributed by atoms with Crippen LogP contribution >= 0.6 is 0 Å². The van der Waals surface area contributed by atoms with Crippen molar-refractivity contribution in [2.75, 3.05) is 18.1 Å². The average molecular weight is 213 g/mol. The van der Waals surface area contributed by atoms with Crippen molar-refractivity contribution in [3.63, 3.8) is 0 Å². The second-order valence-electron chi connectivity index (χ2n) is 3.28. The molecule has 5 heteroatoms. The van der Waals surface area contributed by atoms with E-state index in [1.54, 1.807) is 12.1 Å². The minimum absolute atomic E-state index is 0.384. The Hall–Kier alpha value is -1.23. The molecule has 0 aromatic heterocycles. The highest BCUT2D eigenvalue weighted by molar-refractivity contribution is 7.86. The van der Waals surface area contributed by atoms with Gasteiger partial charge in [-0.25, -0.2) is 0 Å². The van der Waals surface area contributed by atoms with Crippen LogP contribution in [-0.2, 0) is 16.5 Å². The third-order valence-corrected chi connectivity index (χ3v) is 2.53. The molecular weight excluding hydrogens is 202 g/mol. The van der Waals surface area contributed by atoms with E-state index in [4.69, 9.17) is 4.18 Å². The van der Waals surface area contributed by atoms with Crippen molar-refractivity contribution in [1.29, 1.82) is 0 Å². The van der Waals surface area contributed by atoms with Gasteiger partial charge in [-0.2, -0.15) is 8.42 Å². The van der Waals surface area contributed by atoms with Crippen LogP contribution in [0.1, 0.15) is 5.56 Å². The highest BCUT2D eigenvalue weighted by Gasteiger charge is 2.12. The van der Waals surface area contributed by atoms with Gasteiger partial charge in [-0.1, -0.05) is 0 Å². The summed E-state index contributed by atoms with van der Waals surface area (Å²) < 4.78 is 26.5. The SMILES string of the molecule is CS(=O)(=O)Oc1ccc2c(c1)CCN2. The Morgan fingerprint density at radius 2 is 2.21 bits per heavy atom. The van der Waals surface area contributed by atoms with E-state index in [1.165, 1.54) is 0 Å². The second-order valence-corrected chi connectivity index (χ2v) is 4.86. The maximum atomic E-state index is 10.9. The summed E-state index contributed by atoms with van der Waals surface area (Å²) in [4.78, 5) is 0. The summed E-state index contributed by atoms with van der Waals surface area (Å²) in [6.45, 7) is 0.900. The maximum Gasteiger partial charge on any atom is 0.306 e. The van der Waals surface area contributed by atoms with Gasteiger partial charge < -0.3 is 9.50 Å². The van der Waals surface area contributed by atoms with Crippen LogP contribution in [0.15, 0.2) is 18.2 Å². The van der Waals surface area contributed by atoms with Crippen molar-refractivity contribution in [2.45, 2.75) is 6.42 Å². The Morgan fingerprint density at radius 3 is 2.93 bits per heavy atom. The van der Waals surface area contributed by atoms with Gasteiger partial charge in [0.1, 0.15) is 5.75 Å². The molecule has 0 bridgehead atoms. The molecule has 4 nitrogen and oxygen atoms in total. The first-order valence-electron chi connectivity index (χ1n) is 4.31. The molecule has 14 heavy (non-hydrogen) atoms. The van der Waals surface area contributed by atoms with Crippen molar-refractivity contribution in [1.82, 2.24) is 0 Å². The highest BCUT2D eigenvalue weighted by Crippen LogP contribution is 2.26. The summed E-state index contributed by atoms with van der Waals surface area (Å²) in [5, 5.41) is 3.19. The molecule has 0 saturated heterocycles. The summed E-state index contributed by atoms with van der Waals surface area (Å²) in [5.74, 6) is 0.384. The summed E-state index contributed by atoms with van der Waals surface area (Å²) in [6, 6.07) is 5.25. The highest BCUT2D eigenvalue weighted by atomic mass is 32.2. The van der Waals surface area contributed by atoms with Gasteiger partial charge in [0.15, 0.2) is 0 Å². The van der Waals surface area contributed by atoms with Gasteiger partial charge in [0.25, 0.3) is 0 Å². The molecular formula is C9H11NO3S. The minimum Gasteiger partial charge on any atom is -0.384 e. The lowest BCUT2D eigenvalue weighted by atomic mass is 10.1. The predicted octanol–water partition coefficient (Wildman–Crippen LogP) is 0.993. The van der Waals surface area contributed by atoms with E-state index in [1.807, 2.05) is 6.07 Å². The van der Waals surface area contributed by atoms with Crippen LogP contribution in [0.5, 0.6) is 5.75 Å². The monoisotopic (exact) mass is 213 g/mol. The van der Waals surface area contributed by atoms with Crippen LogP contribution in [0.25, 0.3) is 0 Å². The molecule has 0 radical (unpaired) electrons. The van der Waals surface area contributed by atoms with E-state index in [0.717, 1.165) is 30.5 Å². The molecule has 0 unspecified atom stereocenters. The van der Waals surface area contributed by atoms with Crippen LogP contribution in [0.2, 0.25) is 0 Å². The first-order valence-corrected chi connectivity index (χ1v) is 6.12. The lowest BCUT2D eigenvalue weighted by molar-refractivity contribution is 0.493. The Bertz CT molecular complexity index is 453. The van der Waals surface area contributed by atoms with E-state index in [-0.39, 0.29) is 0 Å². The fourth-order valence-electron chi connectivity index (χ4n) is 1.51. The zero-order valence-electron chi connectivity index (χ0n) is 7.78. The zero-order chi connectivity index (χ0) is 10.2. The normalized spacial score (nSPS) is 14.6. The fraction of sp³-hybridized carbons (Fsp3) is 0.333. The molecule has 0 aliphatic carbocycles. The van der Waals surface area contributed by atoms with Crippen LogP contribution < -0.4 is 9.50 Å². The van der Waals surface area contributed by atoms with E-state index in [0.29, 0.717) is 5.75 Å². The number of anilines is 1. The van der Waals surface area contributed by atoms with Crippen molar-refractivity contribution in [2.24, 2.45) is 0 Å².